The Bertz CT molecular complexity index is 776. The Hall–Kier alpha value is -2.43. The zero-order valence-electron chi connectivity index (χ0n) is 10.7. The summed E-state index contributed by atoms with van der Waals surface area (Å²) in [6.07, 6.45) is 0. The van der Waals surface area contributed by atoms with Crippen LogP contribution < -0.4 is 5.73 Å². The Morgan fingerprint density at radius 1 is 1.11 bits per heavy atom. The van der Waals surface area contributed by atoms with Crippen LogP contribution in [0.4, 0.5) is 10.3 Å². The summed E-state index contributed by atoms with van der Waals surface area (Å²) >= 11 is 0. The molecule has 2 aromatic heterocycles. The number of benzene rings is 1. The predicted octanol–water partition coefficient (Wildman–Crippen LogP) is 2.76. The summed E-state index contributed by atoms with van der Waals surface area (Å²) in [5.74, 6) is 0.0354. The van der Waals surface area contributed by atoms with Gasteiger partial charge in [0.1, 0.15) is 11.3 Å². The molecule has 0 amide bonds. The van der Waals surface area contributed by atoms with E-state index in [4.69, 9.17) is 5.73 Å². The number of hydrogen-bond donors (Lipinski definition) is 1. The SMILES string of the molecule is Cc1ccc2nc(N)n(-c3cccc(F)c3C)c2n1. The zero-order chi connectivity index (χ0) is 13.6. The van der Waals surface area contributed by atoms with Crippen molar-refractivity contribution < 1.29 is 4.39 Å². The van der Waals surface area contributed by atoms with E-state index in [-0.39, 0.29) is 5.82 Å². The van der Waals surface area contributed by atoms with Crippen LogP contribution >= 0.6 is 0 Å². The fourth-order valence-corrected chi connectivity index (χ4v) is 2.15. The molecule has 2 heterocycles. The molecule has 4 nitrogen and oxygen atoms in total. The molecule has 0 saturated heterocycles. The standard InChI is InChI=1S/C14H13FN4/c1-8-6-7-11-13(17-8)19(14(16)18-11)12-5-3-4-10(15)9(12)2/h3-7H,1-2H3,(H2,16,18). The molecule has 0 radical (unpaired) electrons. The predicted molar refractivity (Wildman–Crippen MR) is 72.7 cm³/mol. The summed E-state index contributed by atoms with van der Waals surface area (Å²) in [6, 6.07) is 8.61. The van der Waals surface area contributed by atoms with E-state index in [1.807, 2.05) is 19.1 Å². The Balaban J connectivity index is 2.39. The third kappa shape index (κ3) is 1.74. The van der Waals surface area contributed by atoms with Gasteiger partial charge in [-0.05, 0) is 38.1 Å². The maximum atomic E-state index is 13.7. The van der Waals surface area contributed by atoms with E-state index in [2.05, 4.69) is 9.97 Å². The number of aryl methyl sites for hydroxylation is 1. The van der Waals surface area contributed by atoms with Gasteiger partial charge in [-0.15, -0.1) is 0 Å². The van der Waals surface area contributed by atoms with Crippen LogP contribution in [0.25, 0.3) is 16.9 Å². The van der Waals surface area contributed by atoms with Crippen molar-refractivity contribution >= 4 is 17.1 Å². The third-order valence-corrected chi connectivity index (χ3v) is 3.15. The summed E-state index contributed by atoms with van der Waals surface area (Å²) in [5.41, 5.74) is 9.34. The largest absolute Gasteiger partial charge is 0.369 e. The minimum absolute atomic E-state index is 0.272. The van der Waals surface area contributed by atoms with Crippen LogP contribution in [0.2, 0.25) is 0 Å². The number of imidazole rings is 1. The Kier molecular flexibility index (Phi) is 2.48. The van der Waals surface area contributed by atoms with E-state index in [9.17, 15) is 4.39 Å². The summed E-state index contributed by atoms with van der Waals surface area (Å²) in [7, 11) is 0. The summed E-state index contributed by atoms with van der Waals surface area (Å²) in [6.45, 7) is 3.61. The van der Waals surface area contributed by atoms with Crippen LogP contribution in [0.5, 0.6) is 0 Å². The highest BCUT2D eigenvalue weighted by molar-refractivity contribution is 5.77. The highest BCUT2D eigenvalue weighted by Gasteiger charge is 2.14. The number of fused-ring (bicyclic) bond motifs is 1. The van der Waals surface area contributed by atoms with Gasteiger partial charge in [0.2, 0.25) is 5.95 Å². The molecule has 5 heteroatoms. The van der Waals surface area contributed by atoms with Crippen LogP contribution in [0, 0.1) is 19.7 Å². The topological polar surface area (TPSA) is 56.7 Å². The average molecular weight is 256 g/mol. The fourth-order valence-electron chi connectivity index (χ4n) is 2.15. The number of pyridine rings is 1. The van der Waals surface area contributed by atoms with E-state index in [0.29, 0.717) is 28.4 Å². The van der Waals surface area contributed by atoms with E-state index in [1.54, 1.807) is 23.6 Å². The van der Waals surface area contributed by atoms with Gasteiger partial charge in [-0.2, -0.15) is 0 Å². The molecule has 1 aromatic carbocycles. The molecule has 0 aliphatic rings. The number of aromatic nitrogens is 3. The van der Waals surface area contributed by atoms with Gasteiger partial charge in [-0.3, -0.25) is 4.57 Å². The second kappa shape index (κ2) is 4.05. The van der Waals surface area contributed by atoms with Gasteiger partial charge in [0.25, 0.3) is 0 Å². The van der Waals surface area contributed by atoms with Gasteiger partial charge in [0.15, 0.2) is 5.65 Å². The normalized spacial score (nSPS) is 11.1. The van der Waals surface area contributed by atoms with E-state index >= 15 is 0 Å². The first-order chi connectivity index (χ1) is 9.08. The molecule has 0 aliphatic carbocycles. The Labute approximate surface area is 109 Å². The lowest BCUT2D eigenvalue weighted by Crippen LogP contribution is -2.04. The van der Waals surface area contributed by atoms with Crippen LogP contribution in [0.15, 0.2) is 30.3 Å². The second-order valence-corrected chi connectivity index (χ2v) is 4.48. The maximum absolute atomic E-state index is 13.7. The maximum Gasteiger partial charge on any atom is 0.207 e. The van der Waals surface area contributed by atoms with Crippen molar-refractivity contribution in [3.8, 4) is 5.69 Å². The van der Waals surface area contributed by atoms with Crippen molar-refractivity contribution in [3.63, 3.8) is 0 Å². The first kappa shape index (κ1) is 11.6. The molecular formula is C14H13FN4. The van der Waals surface area contributed by atoms with Gasteiger partial charge in [0.05, 0.1) is 5.69 Å². The highest BCUT2D eigenvalue weighted by Crippen LogP contribution is 2.25. The molecule has 3 aromatic rings. The van der Waals surface area contributed by atoms with E-state index in [0.717, 1.165) is 5.69 Å². The fraction of sp³-hybridized carbons (Fsp3) is 0.143. The molecule has 0 fully saturated rings. The smallest absolute Gasteiger partial charge is 0.207 e. The van der Waals surface area contributed by atoms with Gasteiger partial charge < -0.3 is 5.73 Å². The minimum atomic E-state index is -0.272. The zero-order valence-corrected chi connectivity index (χ0v) is 10.7. The number of nitrogens with two attached hydrogens (primary N) is 1. The molecule has 0 spiro atoms. The van der Waals surface area contributed by atoms with Crippen LogP contribution in [0.3, 0.4) is 0 Å². The first-order valence-corrected chi connectivity index (χ1v) is 5.95. The lowest BCUT2D eigenvalue weighted by molar-refractivity contribution is 0.617. The Morgan fingerprint density at radius 3 is 2.68 bits per heavy atom. The average Bonchev–Trinajstić information content (AvgIpc) is 2.69. The van der Waals surface area contributed by atoms with Crippen molar-refractivity contribution in [2.45, 2.75) is 13.8 Å². The molecule has 2 N–H and O–H groups in total. The van der Waals surface area contributed by atoms with Gasteiger partial charge in [-0.25, -0.2) is 14.4 Å². The molecule has 0 unspecified atom stereocenters. The molecule has 19 heavy (non-hydrogen) atoms. The monoisotopic (exact) mass is 256 g/mol. The van der Waals surface area contributed by atoms with E-state index in [1.165, 1.54) is 6.07 Å². The van der Waals surface area contributed by atoms with Gasteiger partial charge >= 0.3 is 0 Å². The van der Waals surface area contributed by atoms with Gasteiger partial charge in [0, 0.05) is 11.3 Å². The van der Waals surface area contributed by atoms with Crippen molar-refractivity contribution in [1.29, 1.82) is 0 Å². The Morgan fingerprint density at radius 2 is 1.89 bits per heavy atom. The minimum Gasteiger partial charge on any atom is -0.369 e. The van der Waals surface area contributed by atoms with Crippen molar-refractivity contribution in [2.75, 3.05) is 5.73 Å². The molecule has 3 rings (SSSR count). The summed E-state index contributed by atoms with van der Waals surface area (Å²) in [5, 5.41) is 0. The second-order valence-electron chi connectivity index (χ2n) is 4.48. The molecule has 0 atom stereocenters. The highest BCUT2D eigenvalue weighted by atomic mass is 19.1. The van der Waals surface area contributed by atoms with Crippen LogP contribution in [0.1, 0.15) is 11.3 Å². The van der Waals surface area contributed by atoms with Crippen molar-refractivity contribution in [3.05, 3.63) is 47.4 Å². The number of nitrogens with zero attached hydrogens (tertiary/aromatic N) is 3. The lowest BCUT2D eigenvalue weighted by Gasteiger charge is -2.10. The van der Waals surface area contributed by atoms with E-state index < -0.39 is 0 Å². The number of anilines is 1. The van der Waals surface area contributed by atoms with Crippen molar-refractivity contribution in [1.82, 2.24) is 14.5 Å². The molecule has 0 aliphatic heterocycles. The third-order valence-electron chi connectivity index (χ3n) is 3.15. The number of rotatable bonds is 1. The summed E-state index contributed by atoms with van der Waals surface area (Å²) in [4.78, 5) is 8.70. The molecular weight excluding hydrogens is 243 g/mol. The quantitative estimate of drug-likeness (QED) is 0.728. The van der Waals surface area contributed by atoms with Crippen LogP contribution in [-0.2, 0) is 0 Å². The summed E-state index contributed by atoms with van der Waals surface area (Å²) < 4.78 is 15.4. The first-order valence-electron chi connectivity index (χ1n) is 5.95. The van der Waals surface area contributed by atoms with Crippen molar-refractivity contribution in [2.24, 2.45) is 0 Å². The molecule has 0 saturated carbocycles. The number of hydrogen-bond acceptors (Lipinski definition) is 3. The lowest BCUT2D eigenvalue weighted by atomic mass is 10.2. The molecule has 96 valence electrons. The molecule has 0 bridgehead atoms. The number of halogens is 1. The number of nitrogen functional groups attached to an aromatic ring is 1. The van der Waals surface area contributed by atoms with Gasteiger partial charge in [-0.1, -0.05) is 6.07 Å². The van der Waals surface area contributed by atoms with Crippen LogP contribution in [-0.4, -0.2) is 14.5 Å².